The first kappa shape index (κ1) is 19.9. The zero-order valence-corrected chi connectivity index (χ0v) is 17.6. The second kappa shape index (κ2) is 8.14. The Morgan fingerprint density at radius 2 is 1.63 bits per heavy atom. The number of nitrogens with one attached hydrogen (secondary N) is 1. The molecule has 4 rings (SSSR count). The second-order valence-electron chi connectivity index (χ2n) is 7.93. The second-order valence-corrected chi connectivity index (χ2v) is 7.93. The standard InChI is InChI=1S/C24H26N4O2/c1-16-12-17(2)14-21(13-16)28-22(15-18(3)26-28)25-24(30)19-7-9-20(10-8-19)27-11-5-4-6-23(27)29/h7-10,12-15H,4-6,11H2,1-3H3,(H,25,30). The molecule has 0 spiro atoms. The lowest BCUT2D eigenvalue weighted by atomic mass is 10.1. The quantitative estimate of drug-likeness (QED) is 0.695. The molecule has 154 valence electrons. The Bertz CT molecular complexity index is 1080. The fraction of sp³-hybridized carbons (Fsp3) is 0.292. The minimum atomic E-state index is -0.211. The van der Waals surface area contributed by atoms with Crippen LogP contribution in [0.1, 0.15) is 46.4 Å². The van der Waals surface area contributed by atoms with Crippen molar-refractivity contribution in [1.29, 1.82) is 0 Å². The van der Waals surface area contributed by atoms with Crippen molar-refractivity contribution < 1.29 is 9.59 Å². The minimum absolute atomic E-state index is 0.145. The maximum absolute atomic E-state index is 12.9. The third-order valence-corrected chi connectivity index (χ3v) is 5.29. The number of amides is 2. The fourth-order valence-corrected chi connectivity index (χ4v) is 3.92. The summed E-state index contributed by atoms with van der Waals surface area (Å²) in [5, 5.41) is 7.53. The Hall–Kier alpha value is -3.41. The van der Waals surface area contributed by atoms with E-state index in [1.807, 2.05) is 51.1 Å². The van der Waals surface area contributed by atoms with Gasteiger partial charge in [-0.3, -0.25) is 9.59 Å². The maximum Gasteiger partial charge on any atom is 0.256 e. The number of piperidine rings is 1. The summed E-state index contributed by atoms with van der Waals surface area (Å²) >= 11 is 0. The number of hydrogen-bond donors (Lipinski definition) is 1. The number of aryl methyl sites for hydroxylation is 3. The fourth-order valence-electron chi connectivity index (χ4n) is 3.92. The van der Waals surface area contributed by atoms with Gasteiger partial charge < -0.3 is 10.2 Å². The number of carbonyl (C=O) groups excluding carboxylic acids is 2. The van der Waals surface area contributed by atoms with E-state index in [1.54, 1.807) is 21.7 Å². The summed E-state index contributed by atoms with van der Waals surface area (Å²) in [7, 11) is 0. The monoisotopic (exact) mass is 402 g/mol. The molecule has 0 atom stereocenters. The number of hydrogen-bond acceptors (Lipinski definition) is 3. The van der Waals surface area contributed by atoms with E-state index in [0.717, 1.165) is 47.6 Å². The minimum Gasteiger partial charge on any atom is -0.312 e. The van der Waals surface area contributed by atoms with Gasteiger partial charge in [-0.1, -0.05) is 6.07 Å². The first-order chi connectivity index (χ1) is 14.4. The van der Waals surface area contributed by atoms with Crippen LogP contribution in [0.25, 0.3) is 5.69 Å². The van der Waals surface area contributed by atoms with Crippen molar-refractivity contribution in [2.24, 2.45) is 0 Å². The van der Waals surface area contributed by atoms with Gasteiger partial charge in [-0.2, -0.15) is 5.10 Å². The molecule has 0 saturated carbocycles. The lowest BCUT2D eigenvalue weighted by Crippen LogP contribution is -2.35. The van der Waals surface area contributed by atoms with Crippen LogP contribution in [0.15, 0.2) is 48.5 Å². The molecule has 2 amide bonds. The van der Waals surface area contributed by atoms with Crippen molar-refractivity contribution in [3.8, 4) is 5.69 Å². The molecule has 6 nitrogen and oxygen atoms in total. The highest BCUT2D eigenvalue weighted by atomic mass is 16.2. The number of benzene rings is 2. The van der Waals surface area contributed by atoms with Gasteiger partial charge in [0.2, 0.25) is 5.91 Å². The van der Waals surface area contributed by atoms with Crippen molar-refractivity contribution in [1.82, 2.24) is 9.78 Å². The van der Waals surface area contributed by atoms with E-state index in [0.29, 0.717) is 17.8 Å². The molecule has 1 saturated heterocycles. The third-order valence-electron chi connectivity index (χ3n) is 5.29. The molecule has 1 fully saturated rings. The van der Waals surface area contributed by atoms with Crippen LogP contribution in [0.2, 0.25) is 0 Å². The van der Waals surface area contributed by atoms with Crippen molar-refractivity contribution in [2.75, 3.05) is 16.8 Å². The normalized spacial score (nSPS) is 14.1. The van der Waals surface area contributed by atoms with Crippen LogP contribution in [0.3, 0.4) is 0 Å². The average Bonchev–Trinajstić information content (AvgIpc) is 3.08. The zero-order chi connectivity index (χ0) is 21.3. The number of nitrogens with zero attached hydrogens (tertiary/aromatic N) is 3. The maximum atomic E-state index is 12.9. The Morgan fingerprint density at radius 1 is 0.933 bits per heavy atom. The molecule has 0 radical (unpaired) electrons. The van der Waals surface area contributed by atoms with Crippen molar-refractivity contribution in [2.45, 2.75) is 40.0 Å². The van der Waals surface area contributed by atoms with Crippen LogP contribution < -0.4 is 10.2 Å². The van der Waals surface area contributed by atoms with Gasteiger partial charge in [0.05, 0.1) is 11.4 Å². The Balaban J connectivity index is 1.55. The van der Waals surface area contributed by atoms with E-state index in [2.05, 4.69) is 16.5 Å². The van der Waals surface area contributed by atoms with Gasteiger partial charge in [-0.05, 0) is 81.1 Å². The SMILES string of the molecule is Cc1cc(C)cc(-n2nc(C)cc2NC(=O)c2ccc(N3CCCCC3=O)cc2)c1. The third kappa shape index (κ3) is 4.13. The number of aromatic nitrogens is 2. The van der Waals surface area contributed by atoms with Crippen molar-refractivity contribution in [3.63, 3.8) is 0 Å². The van der Waals surface area contributed by atoms with Crippen LogP contribution in [-0.2, 0) is 4.79 Å². The van der Waals surface area contributed by atoms with Crippen LogP contribution in [-0.4, -0.2) is 28.1 Å². The first-order valence-corrected chi connectivity index (χ1v) is 10.3. The zero-order valence-electron chi connectivity index (χ0n) is 17.6. The molecule has 1 aliphatic heterocycles. The highest BCUT2D eigenvalue weighted by Crippen LogP contribution is 2.23. The van der Waals surface area contributed by atoms with Gasteiger partial charge in [0.25, 0.3) is 5.91 Å². The molecule has 3 aromatic rings. The Morgan fingerprint density at radius 3 is 2.30 bits per heavy atom. The molecule has 0 unspecified atom stereocenters. The molecule has 1 aliphatic rings. The summed E-state index contributed by atoms with van der Waals surface area (Å²) in [4.78, 5) is 26.8. The number of rotatable bonds is 4. The van der Waals surface area contributed by atoms with Gasteiger partial charge in [0.1, 0.15) is 5.82 Å². The van der Waals surface area contributed by atoms with E-state index in [-0.39, 0.29) is 11.8 Å². The van der Waals surface area contributed by atoms with Gasteiger partial charge in [-0.15, -0.1) is 0 Å². The predicted octanol–water partition coefficient (Wildman–Crippen LogP) is 4.57. The van der Waals surface area contributed by atoms with E-state index >= 15 is 0 Å². The van der Waals surface area contributed by atoms with E-state index in [1.165, 1.54) is 0 Å². The van der Waals surface area contributed by atoms with Crippen LogP contribution in [0.5, 0.6) is 0 Å². The largest absolute Gasteiger partial charge is 0.312 e. The van der Waals surface area contributed by atoms with Gasteiger partial charge in [0.15, 0.2) is 0 Å². The molecular weight excluding hydrogens is 376 g/mol. The smallest absolute Gasteiger partial charge is 0.256 e. The molecule has 1 N–H and O–H groups in total. The lowest BCUT2D eigenvalue weighted by Gasteiger charge is -2.26. The summed E-state index contributed by atoms with van der Waals surface area (Å²) in [6.07, 6.45) is 2.54. The molecule has 0 aliphatic carbocycles. The molecule has 2 aromatic carbocycles. The number of anilines is 2. The molecule has 1 aromatic heterocycles. The summed E-state index contributed by atoms with van der Waals surface area (Å²) in [5.74, 6) is 0.557. The topological polar surface area (TPSA) is 67.2 Å². The van der Waals surface area contributed by atoms with E-state index in [4.69, 9.17) is 0 Å². The molecule has 6 heteroatoms. The van der Waals surface area contributed by atoms with Gasteiger partial charge in [-0.25, -0.2) is 4.68 Å². The van der Waals surface area contributed by atoms with Crippen LogP contribution in [0.4, 0.5) is 11.5 Å². The summed E-state index contributed by atoms with van der Waals surface area (Å²) in [5.41, 5.74) is 5.39. The average molecular weight is 402 g/mol. The summed E-state index contributed by atoms with van der Waals surface area (Å²) in [6.45, 7) is 6.72. The first-order valence-electron chi connectivity index (χ1n) is 10.3. The van der Waals surface area contributed by atoms with Crippen LogP contribution >= 0.6 is 0 Å². The molecular formula is C24H26N4O2. The Labute approximate surface area is 176 Å². The molecule has 30 heavy (non-hydrogen) atoms. The lowest BCUT2D eigenvalue weighted by molar-refractivity contribution is -0.119. The van der Waals surface area contributed by atoms with E-state index < -0.39 is 0 Å². The highest BCUT2D eigenvalue weighted by molar-refractivity contribution is 6.04. The van der Waals surface area contributed by atoms with E-state index in [9.17, 15) is 9.59 Å². The Kier molecular flexibility index (Phi) is 5.40. The van der Waals surface area contributed by atoms with Crippen molar-refractivity contribution in [3.05, 3.63) is 70.9 Å². The summed E-state index contributed by atoms with van der Waals surface area (Å²) < 4.78 is 1.76. The highest BCUT2D eigenvalue weighted by Gasteiger charge is 2.20. The summed E-state index contributed by atoms with van der Waals surface area (Å²) in [6, 6.07) is 15.2. The van der Waals surface area contributed by atoms with Crippen molar-refractivity contribution >= 4 is 23.3 Å². The van der Waals surface area contributed by atoms with Gasteiger partial charge in [0, 0.05) is 30.3 Å². The molecule has 0 bridgehead atoms. The number of carbonyl (C=O) groups is 2. The van der Waals surface area contributed by atoms with Gasteiger partial charge >= 0.3 is 0 Å². The molecule has 2 heterocycles. The van der Waals surface area contributed by atoms with Crippen LogP contribution in [0, 0.1) is 20.8 Å². The predicted molar refractivity (Wildman–Crippen MR) is 118 cm³/mol.